The Morgan fingerprint density at radius 2 is 1.80 bits per heavy atom. The van der Waals surface area contributed by atoms with E-state index < -0.39 is 11.9 Å². The molecule has 0 aliphatic heterocycles. The van der Waals surface area contributed by atoms with E-state index in [1.807, 2.05) is 0 Å². The molecular weight excluding hydrogens is 196 g/mol. The first kappa shape index (κ1) is 11.2. The largest absolute Gasteiger partial charge is 0.465 e. The van der Waals surface area contributed by atoms with Crippen LogP contribution in [0, 0.1) is 6.42 Å². The van der Waals surface area contributed by atoms with Crippen molar-refractivity contribution in [2.75, 3.05) is 7.11 Å². The number of esters is 2. The van der Waals surface area contributed by atoms with E-state index in [1.54, 1.807) is 6.92 Å². The van der Waals surface area contributed by atoms with Gasteiger partial charge in [0.15, 0.2) is 0 Å². The molecule has 0 amide bonds. The molecule has 0 saturated carbocycles. The molecule has 4 nitrogen and oxygen atoms in total. The number of ether oxygens (including phenoxy) is 2. The highest BCUT2D eigenvalue weighted by Gasteiger charge is 2.06. The summed E-state index contributed by atoms with van der Waals surface area (Å²) in [5.74, 6) is -0.457. The van der Waals surface area contributed by atoms with Crippen molar-refractivity contribution in [3.05, 3.63) is 36.2 Å². The molecule has 0 aliphatic rings. The van der Waals surface area contributed by atoms with Gasteiger partial charge in [-0.2, -0.15) is 0 Å². The van der Waals surface area contributed by atoms with Crippen LogP contribution in [0.4, 0.5) is 0 Å². The Hall–Kier alpha value is -1.84. The van der Waals surface area contributed by atoms with Crippen molar-refractivity contribution in [1.82, 2.24) is 0 Å². The van der Waals surface area contributed by atoms with E-state index >= 15 is 0 Å². The van der Waals surface area contributed by atoms with Gasteiger partial charge in [0, 0.05) is 0 Å². The van der Waals surface area contributed by atoms with Crippen LogP contribution < -0.4 is 4.74 Å². The zero-order valence-electron chi connectivity index (χ0n) is 8.52. The smallest absolute Gasteiger partial charge is 0.337 e. The SMILES string of the molecule is C[CH]C(=O)Oc1ccc(C(=O)OC)cc1. The van der Waals surface area contributed by atoms with Gasteiger partial charge in [0.2, 0.25) is 0 Å². The second-order valence-electron chi connectivity index (χ2n) is 2.73. The third-order valence-electron chi connectivity index (χ3n) is 1.73. The minimum atomic E-state index is -0.430. The van der Waals surface area contributed by atoms with Gasteiger partial charge in [0.05, 0.1) is 19.1 Å². The molecule has 0 heterocycles. The van der Waals surface area contributed by atoms with Gasteiger partial charge < -0.3 is 9.47 Å². The number of rotatable bonds is 3. The summed E-state index contributed by atoms with van der Waals surface area (Å²) < 4.78 is 9.41. The predicted molar refractivity (Wildman–Crippen MR) is 53.4 cm³/mol. The van der Waals surface area contributed by atoms with Crippen molar-refractivity contribution in [2.24, 2.45) is 0 Å². The van der Waals surface area contributed by atoms with Crippen molar-refractivity contribution < 1.29 is 19.1 Å². The van der Waals surface area contributed by atoms with Gasteiger partial charge >= 0.3 is 11.9 Å². The van der Waals surface area contributed by atoms with E-state index in [4.69, 9.17) is 4.74 Å². The molecule has 0 atom stereocenters. The summed E-state index contributed by atoms with van der Waals surface area (Å²) in [6, 6.07) is 6.13. The summed E-state index contributed by atoms with van der Waals surface area (Å²) in [6.07, 6.45) is 1.31. The number of carbonyl (C=O) groups excluding carboxylic acids is 2. The molecule has 4 heteroatoms. The lowest BCUT2D eigenvalue weighted by Gasteiger charge is -2.03. The zero-order valence-corrected chi connectivity index (χ0v) is 8.52. The van der Waals surface area contributed by atoms with Gasteiger partial charge in [0.25, 0.3) is 0 Å². The first-order chi connectivity index (χ1) is 7.17. The van der Waals surface area contributed by atoms with Gasteiger partial charge in [-0.1, -0.05) is 6.92 Å². The van der Waals surface area contributed by atoms with Crippen molar-refractivity contribution in [1.29, 1.82) is 0 Å². The average molecular weight is 207 g/mol. The molecule has 1 aromatic carbocycles. The zero-order chi connectivity index (χ0) is 11.3. The van der Waals surface area contributed by atoms with Crippen LogP contribution in [0.1, 0.15) is 17.3 Å². The Balaban J connectivity index is 2.72. The van der Waals surface area contributed by atoms with Crippen LogP contribution in [0.2, 0.25) is 0 Å². The normalized spacial score (nSPS) is 9.47. The molecule has 0 aliphatic carbocycles. The molecule has 0 N–H and O–H groups in total. The quantitative estimate of drug-likeness (QED) is 0.558. The summed E-state index contributed by atoms with van der Waals surface area (Å²) in [5.41, 5.74) is 0.415. The molecule has 0 saturated heterocycles. The maximum Gasteiger partial charge on any atom is 0.337 e. The average Bonchev–Trinajstić information content (AvgIpc) is 2.29. The Morgan fingerprint density at radius 3 is 2.27 bits per heavy atom. The Labute approximate surface area is 87.8 Å². The lowest BCUT2D eigenvalue weighted by atomic mass is 10.2. The van der Waals surface area contributed by atoms with Crippen LogP contribution in [0.5, 0.6) is 5.75 Å². The topological polar surface area (TPSA) is 52.6 Å². The highest BCUT2D eigenvalue weighted by atomic mass is 16.5. The van der Waals surface area contributed by atoms with Crippen LogP contribution >= 0.6 is 0 Å². The molecule has 15 heavy (non-hydrogen) atoms. The van der Waals surface area contributed by atoms with Gasteiger partial charge in [-0.3, -0.25) is 4.79 Å². The molecular formula is C11H11O4. The molecule has 0 bridgehead atoms. The number of hydrogen-bond donors (Lipinski definition) is 0. The van der Waals surface area contributed by atoms with Crippen molar-refractivity contribution in [3.63, 3.8) is 0 Å². The first-order valence-electron chi connectivity index (χ1n) is 4.37. The minimum absolute atomic E-state index is 0.394. The van der Waals surface area contributed by atoms with Crippen LogP contribution in [0.25, 0.3) is 0 Å². The Morgan fingerprint density at radius 1 is 1.20 bits per heavy atom. The first-order valence-corrected chi connectivity index (χ1v) is 4.37. The summed E-state index contributed by atoms with van der Waals surface area (Å²) in [4.78, 5) is 22.0. The third-order valence-corrected chi connectivity index (χ3v) is 1.73. The highest BCUT2D eigenvalue weighted by molar-refractivity contribution is 5.89. The lowest BCUT2D eigenvalue weighted by molar-refractivity contribution is -0.130. The molecule has 1 aromatic rings. The summed E-state index contributed by atoms with van der Waals surface area (Å²) in [7, 11) is 1.31. The van der Waals surface area contributed by atoms with Crippen LogP contribution in [-0.2, 0) is 9.53 Å². The van der Waals surface area contributed by atoms with Gasteiger partial charge in [-0.05, 0) is 24.3 Å². The van der Waals surface area contributed by atoms with Crippen molar-refractivity contribution >= 4 is 11.9 Å². The standard InChI is InChI=1S/C11H11O4/c1-3-10(12)15-9-6-4-8(5-7-9)11(13)14-2/h3-7H,1-2H3. The summed E-state index contributed by atoms with van der Waals surface area (Å²) in [6.45, 7) is 1.59. The minimum Gasteiger partial charge on any atom is -0.465 e. The second-order valence-corrected chi connectivity index (χ2v) is 2.73. The molecule has 0 spiro atoms. The van der Waals surface area contributed by atoms with E-state index in [9.17, 15) is 9.59 Å². The van der Waals surface area contributed by atoms with E-state index in [2.05, 4.69) is 4.74 Å². The van der Waals surface area contributed by atoms with Gasteiger partial charge in [-0.25, -0.2) is 4.79 Å². The van der Waals surface area contributed by atoms with E-state index in [1.165, 1.54) is 37.8 Å². The van der Waals surface area contributed by atoms with Crippen LogP contribution in [0.15, 0.2) is 24.3 Å². The molecule has 1 rings (SSSR count). The monoisotopic (exact) mass is 207 g/mol. The number of hydrogen-bond acceptors (Lipinski definition) is 4. The fourth-order valence-electron chi connectivity index (χ4n) is 0.952. The summed E-state index contributed by atoms with van der Waals surface area (Å²) in [5, 5.41) is 0. The molecule has 0 aromatic heterocycles. The van der Waals surface area contributed by atoms with Gasteiger partial charge in [-0.15, -0.1) is 0 Å². The maximum absolute atomic E-state index is 11.1. The molecule has 0 unspecified atom stereocenters. The molecule has 1 radical (unpaired) electrons. The third kappa shape index (κ3) is 3.09. The van der Waals surface area contributed by atoms with E-state index in [0.29, 0.717) is 11.3 Å². The Kier molecular flexibility index (Phi) is 3.85. The van der Waals surface area contributed by atoms with E-state index in [-0.39, 0.29) is 0 Å². The van der Waals surface area contributed by atoms with E-state index in [0.717, 1.165) is 0 Å². The number of carbonyl (C=O) groups is 2. The molecule has 79 valence electrons. The number of benzene rings is 1. The van der Waals surface area contributed by atoms with Crippen molar-refractivity contribution in [2.45, 2.75) is 6.92 Å². The van der Waals surface area contributed by atoms with Crippen LogP contribution in [0.3, 0.4) is 0 Å². The summed E-state index contributed by atoms with van der Waals surface area (Å²) >= 11 is 0. The predicted octanol–water partition coefficient (Wildman–Crippen LogP) is 1.60. The lowest BCUT2D eigenvalue weighted by Crippen LogP contribution is -2.06. The second kappa shape index (κ2) is 5.14. The fourth-order valence-corrected chi connectivity index (χ4v) is 0.952. The van der Waals surface area contributed by atoms with Gasteiger partial charge in [0.1, 0.15) is 5.75 Å². The van der Waals surface area contributed by atoms with Crippen molar-refractivity contribution in [3.8, 4) is 5.75 Å². The van der Waals surface area contributed by atoms with Crippen LogP contribution in [-0.4, -0.2) is 19.0 Å². The maximum atomic E-state index is 11.1. The number of methoxy groups -OCH3 is 1. The molecule has 0 fully saturated rings. The fraction of sp³-hybridized carbons (Fsp3) is 0.182. The Bertz CT molecular complexity index is 353. The highest BCUT2D eigenvalue weighted by Crippen LogP contribution is 2.13.